The second kappa shape index (κ2) is 4.92. The van der Waals surface area contributed by atoms with Crippen molar-refractivity contribution in [3.8, 4) is 0 Å². The smallest absolute Gasteiger partial charge is 0.450 e. The van der Waals surface area contributed by atoms with Crippen molar-refractivity contribution in [1.82, 2.24) is 0 Å². The third-order valence-corrected chi connectivity index (χ3v) is 1.90. The minimum atomic E-state index is -7.09. The van der Waals surface area contributed by atoms with Gasteiger partial charge in [0.15, 0.2) is 0 Å². The van der Waals surface area contributed by atoms with E-state index in [1.807, 2.05) is 0 Å². The molecule has 0 aromatic carbocycles. The number of esters is 1. The summed E-state index contributed by atoms with van der Waals surface area (Å²) in [5.74, 6) is -23.6. The molecule has 0 saturated heterocycles. The van der Waals surface area contributed by atoms with Crippen LogP contribution in [0.5, 0.6) is 0 Å². The van der Waals surface area contributed by atoms with Gasteiger partial charge in [-0.3, -0.25) is 0 Å². The molecule has 0 rings (SSSR count). The Balaban J connectivity index is 5.57. The molecule has 0 amide bonds. The number of carbonyl (C=O) groups excluding carboxylic acids is 1. The molecule has 2 nitrogen and oxygen atoms in total. The fourth-order valence-corrected chi connectivity index (χ4v) is 0.926. The highest BCUT2D eigenvalue weighted by Gasteiger charge is 2.84. The monoisotopic (exact) mass is 404 g/mol. The molecule has 0 bridgehead atoms. The van der Waals surface area contributed by atoms with Crippen molar-refractivity contribution in [2.75, 3.05) is 4.61 Å². The first-order valence-corrected chi connectivity index (χ1v) is 5.19. The first kappa shape index (κ1) is 17.6. The normalized spacial score (nSPS) is 14.6. The molecular weight excluding hydrogens is 402 g/mol. The second-order valence-corrected chi connectivity index (χ2v) is 3.38. The molecule has 0 aliphatic rings. The van der Waals surface area contributed by atoms with Gasteiger partial charge in [0, 0.05) is 0 Å². The summed E-state index contributed by atoms with van der Waals surface area (Å²) < 4.78 is 112. The maximum Gasteiger partial charge on any atom is 0.460 e. The molecule has 0 atom stereocenters. The number of ether oxygens (including phenoxy) is 1. The molecular formula is C6H2F9IO2. The molecule has 0 aliphatic carbocycles. The van der Waals surface area contributed by atoms with Gasteiger partial charge >= 0.3 is 29.9 Å². The van der Waals surface area contributed by atoms with Crippen LogP contribution in [-0.2, 0) is 9.53 Å². The van der Waals surface area contributed by atoms with Gasteiger partial charge in [0.1, 0.15) is 4.61 Å². The fourth-order valence-electron chi connectivity index (χ4n) is 0.644. The number of hydrogen-bond acceptors (Lipinski definition) is 2. The third kappa shape index (κ3) is 2.61. The van der Waals surface area contributed by atoms with Crippen molar-refractivity contribution in [2.24, 2.45) is 0 Å². The molecule has 0 fully saturated rings. The predicted molar refractivity (Wildman–Crippen MR) is 45.9 cm³/mol. The second-order valence-electron chi connectivity index (χ2n) is 2.76. The molecule has 0 unspecified atom stereocenters. The van der Waals surface area contributed by atoms with Gasteiger partial charge < -0.3 is 4.74 Å². The highest BCUT2D eigenvalue weighted by atomic mass is 127. The lowest BCUT2D eigenvalue weighted by atomic mass is 10.0. The standard InChI is InChI=1S/C6H2F9IO2/c7-3(8,2(17)18-1-16)4(9,10)5(11,12)6(13,14)15/h1H2. The maximum atomic E-state index is 12.6. The molecule has 108 valence electrons. The maximum absolute atomic E-state index is 12.6. The quantitative estimate of drug-likeness (QED) is 0.311. The largest absolute Gasteiger partial charge is 0.460 e. The number of alkyl halides is 10. The number of carbonyl (C=O) groups is 1. The molecule has 0 radical (unpaired) electrons. The van der Waals surface area contributed by atoms with Crippen LogP contribution in [0, 0.1) is 0 Å². The van der Waals surface area contributed by atoms with Crippen molar-refractivity contribution in [3.05, 3.63) is 0 Å². The van der Waals surface area contributed by atoms with Crippen LogP contribution >= 0.6 is 22.6 Å². The first-order chi connectivity index (χ1) is 7.73. The van der Waals surface area contributed by atoms with E-state index < -0.39 is 34.5 Å². The van der Waals surface area contributed by atoms with Crippen molar-refractivity contribution in [1.29, 1.82) is 0 Å². The van der Waals surface area contributed by atoms with Crippen LogP contribution in [0.3, 0.4) is 0 Å². The van der Waals surface area contributed by atoms with E-state index in [2.05, 4.69) is 4.74 Å². The molecule has 0 N–H and O–H groups in total. The van der Waals surface area contributed by atoms with Gasteiger partial charge in [-0.05, 0) is 22.6 Å². The Morgan fingerprint density at radius 3 is 1.56 bits per heavy atom. The molecule has 18 heavy (non-hydrogen) atoms. The van der Waals surface area contributed by atoms with E-state index in [0.29, 0.717) is 0 Å². The van der Waals surface area contributed by atoms with Gasteiger partial charge in [0.25, 0.3) is 0 Å². The number of halogens is 10. The summed E-state index contributed by atoms with van der Waals surface area (Å²) >= 11 is 1.08. The third-order valence-electron chi connectivity index (χ3n) is 1.59. The van der Waals surface area contributed by atoms with E-state index in [4.69, 9.17) is 0 Å². The Morgan fingerprint density at radius 2 is 1.28 bits per heavy atom. The van der Waals surface area contributed by atoms with E-state index in [-0.39, 0.29) is 0 Å². The SMILES string of the molecule is O=C(OCI)C(F)(F)C(F)(F)C(F)(F)C(F)(F)F. The van der Waals surface area contributed by atoms with Crippen LogP contribution in [0.1, 0.15) is 0 Å². The van der Waals surface area contributed by atoms with Crippen LogP contribution < -0.4 is 0 Å². The molecule has 0 heterocycles. The van der Waals surface area contributed by atoms with Crippen LogP contribution in [0.25, 0.3) is 0 Å². The average molecular weight is 404 g/mol. The Bertz CT molecular complexity index is 324. The zero-order chi connectivity index (χ0) is 15.0. The predicted octanol–water partition coefficient (Wildman–Crippen LogP) is 3.39. The average Bonchev–Trinajstić information content (AvgIpc) is 2.15. The Hall–Kier alpha value is -0.430. The molecule has 0 saturated carbocycles. The summed E-state index contributed by atoms with van der Waals surface area (Å²) in [5.41, 5.74) is 0. The van der Waals surface area contributed by atoms with Gasteiger partial charge in [0.2, 0.25) is 0 Å². The van der Waals surface area contributed by atoms with Crippen molar-refractivity contribution < 1.29 is 49.0 Å². The highest BCUT2D eigenvalue weighted by molar-refractivity contribution is 14.1. The van der Waals surface area contributed by atoms with Gasteiger partial charge in [-0.15, -0.1) is 0 Å². The van der Waals surface area contributed by atoms with Crippen LogP contribution in [0.2, 0.25) is 0 Å². The molecule has 0 aliphatic heterocycles. The number of rotatable bonds is 4. The molecule has 0 spiro atoms. The summed E-state index contributed by atoms with van der Waals surface area (Å²) in [6.45, 7) is 0. The summed E-state index contributed by atoms with van der Waals surface area (Å²) in [5, 5.41) is 0. The van der Waals surface area contributed by atoms with Gasteiger partial charge in [-0.25, -0.2) is 4.79 Å². The van der Waals surface area contributed by atoms with Crippen LogP contribution in [0.4, 0.5) is 39.5 Å². The van der Waals surface area contributed by atoms with E-state index >= 15 is 0 Å². The van der Waals surface area contributed by atoms with Gasteiger partial charge in [-0.1, -0.05) is 0 Å². The van der Waals surface area contributed by atoms with Crippen molar-refractivity contribution in [2.45, 2.75) is 23.9 Å². The summed E-state index contributed by atoms with van der Waals surface area (Å²) in [4.78, 5) is 10.3. The zero-order valence-electron chi connectivity index (χ0n) is 7.80. The zero-order valence-corrected chi connectivity index (χ0v) is 9.96. The summed E-state index contributed by atoms with van der Waals surface area (Å²) in [6, 6.07) is 0. The Morgan fingerprint density at radius 1 is 0.889 bits per heavy atom. The number of hydrogen-bond donors (Lipinski definition) is 0. The van der Waals surface area contributed by atoms with E-state index in [1.54, 1.807) is 0 Å². The molecule has 0 aromatic heterocycles. The first-order valence-electron chi connectivity index (χ1n) is 3.67. The molecule has 0 aromatic rings. The topological polar surface area (TPSA) is 26.3 Å². The fraction of sp³-hybridized carbons (Fsp3) is 0.833. The highest BCUT2D eigenvalue weighted by Crippen LogP contribution is 2.53. The summed E-state index contributed by atoms with van der Waals surface area (Å²) in [7, 11) is 0. The van der Waals surface area contributed by atoms with E-state index in [9.17, 15) is 44.3 Å². The van der Waals surface area contributed by atoms with Crippen LogP contribution in [0.15, 0.2) is 0 Å². The Labute approximate surface area is 107 Å². The minimum Gasteiger partial charge on any atom is -0.450 e. The van der Waals surface area contributed by atoms with Crippen molar-refractivity contribution in [3.63, 3.8) is 0 Å². The lowest BCUT2D eigenvalue weighted by molar-refractivity contribution is -0.390. The van der Waals surface area contributed by atoms with Crippen molar-refractivity contribution >= 4 is 28.6 Å². The minimum absolute atomic E-state index is 0.931. The van der Waals surface area contributed by atoms with Crippen LogP contribution in [-0.4, -0.2) is 34.5 Å². The molecule has 12 heteroatoms. The van der Waals surface area contributed by atoms with E-state index in [1.165, 1.54) is 0 Å². The lowest BCUT2D eigenvalue weighted by Crippen LogP contribution is -2.63. The van der Waals surface area contributed by atoms with E-state index in [0.717, 1.165) is 22.6 Å². The Kier molecular flexibility index (Phi) is 4.80. The lowest BCUT2D eigenvalue weighted by Gasteiger charge is -2.31. The van der Waals surface area contributed by atoms with Gasteiger partial charge in [0.05, 0.1) is 0 Å². The summed E-state index contributed by atoms with van der Waals surface area (Å²) in [6.07, 6.45) is -6.95. The van der Waals surface area contributed by atoms with Gasteiger partial charge in [-0.2, -0.15) is 39.5 Å².